The monoisotopic (exact) mass is 283 g/mol. The van der Waals surface area contributed by atoms with E-state index in [1.165, 1.54) is 24.2 Å². The van der Waals surface area contributed by atoms with Gasteiger partial charge in [0.15, 0.2) is 11.6 Å². The van der Waals surface area contributed by atoms with Crippen LogP contribution >= 0.6 is 11.3 Å². The second kappa shape index (κ2) is 5.18. The van der Waals surface area contributed by atoms with Gasteiger partial charge in [0.2, 0.25) is 0 Å². The van der Waals surface area contributed by atoms with E-state index in [1.807, 2.05) is 0 Å². The van der Waals surface area contributed by atoms with Crippen LogP contribution in [0, 0.1) is 11.6 Å². The maximum atomic E-state index is 13.4. The molecule has 4 nitrogen and oxygen atoms in total. The molecule has 0 amide bonds. The van der Waals surface area contributed by atoms with Crippen LogP contribution in [0.3, 0.4) is 0 Å². The average molecular weight is 283 g/mol. The number of benzene rings is 1. The van der Waals surface area contributed by atoms with Crippen LogP contribution in [-0.2, 0) is 6.54 Å². The van der Waals surface area contributed by atoms with Crippen LogP contribution in [0.1, 0.15) is 17.8 Å². The minimum absolute atomic E-state index is 0.183. The number of ether oxygens (including phenoxy) is 1. The van der Waals surface area contributed by atoms with Gasteiger partial charge in [0, 0.05) is 12.1 Å². The summed E-state index contributed by atoms with van der Waals surface area (Å²) in [5.41, 5.74) is 0. The van der Waals surface area contributed by atoms with Gasteiger partial charge in [0.25, 0.3) is 5.19 Å². The molecule has 3 rings (SSSR count). The molecule has 1 aromatic carbocycles. The van der Waals surface area contributed by atoms with Gasteiger partial charge in [-0.15, -0.1) is 5.10 Å². The summed E-state index contributed by atoms with van der Waals surface area (Å²) in [6.07, 6.45) is 2.38. The van der Waals surface area contributed by atoms with Crippen molar-refractivity contribution in [2.24, 2.45) is 0 Å². The molecule has 0 unspecified atom stereocenters. The van der Waals surface area contributed by atoms with E-state index in [1.54, 1.807) is 0 Å². The van der Waals surface area contributed by atoms with Crippen LogP contribution in [-0.4, -0.2) is 16.2 Å². The van der Waals surface area contributed by atoms with Crippen molar-refractivity contribution in [1.82, 2.24) is 15.5 Å². The number of hydrogen-bond donors (Lipinski definition) is 1. The summed E-state index contributed by atoms with van der Waals surface area (Å²) >= 11 is 1.22. The zero-order valence-corrected chi connectivity index (χ0v) is 10.7. The summed E-state index contributed by atoms with van der Waals surface area (Å²) in [4.78, 5) is 0. The van der Waals surface area contributed by atoms with Gasteiger partial charge < -0.3 is 10.1 Å². The van der Waals surface area contributed by atoms with Crippen molar-refractivity contribution < 1.29 is 13.5 Å². The first kappa shape index (κ1) is 12.4. The van der Waals surface area contributed by atoms with E-state index in [2.05, 4.69) is 15.5 Å². The number of hydrogen-bond acceptors (Lipinski definition) is 5. The number of nitrogens with zero attached hydrogens (tertiary/aromatic N) is 2. The Morgan fingerprint density at radius 2 is 2.16 bits per heavy atom. The SMILES string of the molecule is Fc1ccc(F)c(Oc2nnc(CNC3CC3)s2)c1. The summed E-state index contributed by atoms with van der Waals surface area (Å²) < 4.78 is 31.6. The number of nitrogens with one attached hydrogen (secondary N) is 1. The molecule has 0 saturated heterocycles. The summed E-state index contributed by atoms with van der Waals surface area (Å²) in [6, 6.07) is 3.61. The summed E-state index contributed by atoms with van der Waals surface area (Å²) in [6.45, 7) is 0.622. The standard InChI is InChI=1S/C12H11F2N3OS/c13-7-1-4-9(14)10(5-7)18-12-17-16-11(19-12)6-15-8-2-3-8/h1,4-5,8,15H,2-3,6H2. The van der Waals surface area contributed by atoms with Crippen LogP contribution < -0.4 is 10.1 Å². The van der Waals surface area contributed by atoms with Gasteiger partial charge in [-0.05, 0) is 25.0 Å². The molecule has 0 atom stereocenters. The Bertz CT molecular complexity index is 586. The molecule has 19 heavy (non-hydrogen) atoms. The predicted octanol–water partition coefficient (Wildman–Crippen LogP) is 2.86. The number of aromatic nitrogens is 2. The number of rotatable bonds is 5. The van der Waals surface area contributed by atoms with Gasteiger partial charge in [-0.3, -0.25) is 0 Å². The lowest BCUT2D eigenvalue weighted by atomic mass is 10.3. The summed E-state index contributed by atoms with van der Waals surface area (Å²) in [7, 11) is 0. The largest absolute Gasteiger partial charge is 0.427 e. The molecule has 100 valence electrons. The third-order valence-electron chi connectivity index (χ3n) is 2.66. The second-order valence-corrected chi connectivity index (χ2v) is 5.32. The van der Waals surface area contributed by atoms with Gasteiger partial charge in [0.1, 0.15) is 10.8 Å². The van der Waals surface area contributed by atoms with Crippen LogP contribution in [0.25, 0.3) is 0 Å². The second-order valence-electron chi connectivity index (χ2n) is 4.29. The van der Waals surface area contributed by atoms with Crippen LogP contribution in [0.2, 0.25) is 0 Å². The molecule has 1 saturated carbocycles. The molecule has 0 aliphatic heterocycles. The van der Waals surface area contributed by atoms with Crippen LogP contribution in [0.5, 0.6) is 10.9 Å². The summed E-state index contributed by atoms with van der Waals surface area (Å²) in [5.74, 6) is -1.37. The average Bonchev–Trinajstić information content (AvgIpc) is 3.12. The van der Waals surface area contributed by atoms with Crippen molar-refractivity contribution in [3.05, 3.63) is 34.8 Å². The third-order valence-corrected chi connectivity index (χ3v) is 3.46. The Kier molecular flexibility index (Phi) is 3.39. The minimum Gasteiger partial charge on any atom is -0.427 e. The molecule has 1 fully saturated rings. The van der Waals surface area contributed by atoms with Gasteiger partial charge in [0.05, 0.1) is 6.54 Å². The molecule has 2 aromatic rings. The van der Waals surface area contributed by atoms with Gasteiger partial charge in [-0.2, -0.15) is 0 Å². The molecule has 1 heterocycles. The van der Waals surface area contributed by atoms with E-state index in [4.69, 9.17) is 4.74 Å². The fraction of sp³-hybridized carbons (Fsp3) is 0.333. The Balaban J connectivity index is 1.66. The molecule has 1 aliphatic carbocycles. The predicted molar refractivity (Wildman–Crippen MR) is 66.2 cm³/mol. The lowest BCUT2D eigenvalue weighted by molar-refractivity contribution is 0.430. The molecule has 1 aromatic heterocycles. The minimum atomic E-state index is -0.630. The van der Waals surface area contributed by atoms with Crippen LogP contribution in [0.4, 0.5) is 8.78 Å². The number of halogens is 2. The first-order chi connectivity index (χ1) is 9.20. The third kappa shape index (κ3) is 3.24. The Labute approximate surface area is 112 Å². The Hall–Kier alpha value is -1.60. The van der Waals surface area contributed by atoms with E-state index in [0.29, 0.717) is 12.6 Å². The molecule has 0 spiro atoms. The normalized spacial score (nSPS) is 14.6. The highest BCUT2D eigenvalue weighted by atomic mass is 32.1. The smallest absolute Gasteiger partial charge is 0.299 e. The molecule has 7 heteroatoms. The van der Waals surface area contributed by atoms with E-state index in [9.17, 15) is 8.78 Å². The molecule has 1 aliphatic rings. The van der Waals surface area contributed by atoms with Crippen molar-refractivity contribution in [3.8, 4) is 10.9 Å². The molecular formula is C12H11F2N3OS. The molecule has 0 radical (unpaired) electrons. The van der Waals surface area contributed by atoms with Crippen LogP contribution in [0.15, 0.2) is 18.2 Å². The first-order valence-electron chi connectivity index (χ1n) is 5.89. The van der Waals surface area contributed by atoms with Gasteiger partial charge >= 0.3 is 0 Å². The van der Waals surface area contributed by atoms with Crippen molar-refractivity contribution in [3.63, 3.8) is 0 Å². The van der Waals surface area contributed by atoms with E-state index in [-0.39, 0.29) is 10.9 Å². The highest BCUT2D eigenvalue weighted by Gasteiger charge is 2.21. The van der Waals surface area contributed by atoms with E-state index in [0.717, 1.165) is 23.2 Å². The summed E-state index contributed by atoms with van der Waals surface area (Å²) in [5, 5.41) is 12.0. The maximum absolute atomic E-state index is 13.4. The van der Waals surface area contributed by atoms with Crippen molar-refractivity contribution in [1.29, 1.82) is 0 Å². The fourth-order valence-electron chi connectivity index (χ4n) is 1.52. The first-order valence-corrected chi connectivity index (χ1v) is 6.71. The fourth-order valence-corrected chi connectivity index (χ4v) is 2.17. The molecular weight excluding hydrogens is 272 g/mol. The zero-order chi connectivity index (χ0) is 13.2. The zero-order valence-electron chi connectivity index (χ0n) is 9.90. The van der Waals surface area contributed by atoms with E-state index < -0.39 is 11.6 Å². The Morgan fingerprint density at radius 3 is 2.95 bits per heavy atom. The highest BCUT2D eigenvalue weighted by Crippen LogP contribution is 2.28. The van der Waals surface area contributed by atoms with Crippen molar-refractivity contribution in [2.75, 3.05) is 0 Å². The van der Waals surface area contributed by atoms with E-state index >= 15 is 0 Å². The lowest BCUT2D eigenvalue weighted by Crippen LogP contribution is -2.14. The van der Waals surface area contributed by atoms with Crippen molar-refractivity contribution >= 4 is 11.3 Å². The highest BCUT2D eigenvalue weighted by molar-refractivity contribution is 7.13. The van der Waals surface area contributed by atoms with Gasteiger partial charge in [-0.1, -0.05) is 16.4 Å². The molecule has 1 N–H and O–H groups in total. The molecule has 0 bridgehead atoms. The maximum Gasteiger partial charge on any atom is 0.299 e. The van der Waals surface area contributed by atoms with Gasteiger partial charge in [-0.25, -0.2) is 8.78 Å². The topological polar surface area (TPSA) is 47.0 Å². The quantitative estimate of drug-likeness (QED) is 0.916. The lowest BCUT2D eigenvalue weighted by Gasteiger charge is -2.02. The Morgan fingerprint density at radius 1 is 1.32 bits per heavy atom. The van der Waals surface area contributed by atoms with Crippen molar-refractivity contribution in [2.45, 2.75) is 25.4 Å².